The molecule has 0 saturated carbocycles. The van der Waals surface area contributed by atoms with Gasteiger partial charge in [0.1, 0.15) is 13.2 Å². The highest BCUT2D eigenvalue weighted by Crippen LogP contribution is 2.39. The standard InChI is InChI=1S/C11H9F9O8S/c1-5(12)6(21)28-10(11(18,19)20,7(22)26-3-2-8(13,14)15)27-4-9(16,17)29(23,24)25/h1-4H2,(H,23,24,25). The third-order valence-corrected chi connectivity index (χ3v) is 3.41. The van der Waals surface area contributed by atoms with Crippen LogP contribution in [0.5, 0.6) is 0 Å². The molecule has 0 rings (SSSR count). The Morgan fingerprint density at radius 2 is 1.48 bits per heavy atom. The zero-order valence-corrected chi connectivity index (χ0v) is 14.3. The van der Waals surface area contributed by atoms with Crippen molar-refractivity contribution in [1.82, 2.24) is 0 Å². The lowest BCUT2D eigenvalue weighted by molar-refractivity contribution is -0.360. The first-order chi connectivity index (χ1) is 12.7. The smallest absolute Gasteiger partial charge is 0.460 e. The van der Waals surface area contributed by atoms with E-state index in [1.807, 2.05) is 0 Å². The molecular weight excluding hydrogens is 463 g/mol. The zero-order valence-electron chi connectivity index (χ0n) is 13.4. The molecule has 0 aromatic heterocycles. The van der Waals surface area contributed by atoms with Crippen LogP contribution < -0.4 is 0 Å². The molecule has 0 bridgehead atoms. The van der Waals surface area contributed by atoms with Crippen molar-refractivity contribution in [2.75, 3.05) is 13.2 Å². The fraction of sp³-hybridized carbons (Fsp3) is 0.636. The van der Waals surface area contributed by atoms with Crippen molar-refractivity contribution in [2.45, 2.75) is 29.8 Å². The summed E-state index contributed by atoms with van der Waals surface area (Å²) in [5.41, 5.74) is 0. The molecule has 0 saturated heterocycles. The number of alkyl halides is 8. The van der Waals surface area contributed by atoms with Gasteiger partial charge in [-0.3, -0.25) is 4.55 Å². The average Bonchev–Trinajstić information content (AvgIpc) is 2.47. The Balaban J connectivity index is 6.05. The number of ether oxygens (including phenoxy) is 3. The second-order valence-electron chi connectivity index (χ2n) is 4.81. The molecular formula is C11H9F9O8S. The van der Waals surface area contributed by atoms with E-state index in [9.17, 15) is 57.5 Å². The Bertz CT molecular complexity index is 742. The van der Waals surface area contributed by atoms with Gasteiger partial charge in [-0.2, -0.15) is 47.9 Å². The zero-order chi connectivity index (χ0) is 23.5. The predicted octanol–water partition coefficient (Wildman–Crippen LogP) is 2.26. The summed E-state index contributed by atoms with van der Waals surface area (Å²) in [4.78, 5) is 22.6. The van der Waals surface area contributed by atoms with Crippen LogP contribution in [0.2, 0.25) is 0 Å². The molecule has 0 heterocycles. The highest BCUT2D eigenvalue weighted by atomic mass is 32.2. The van der Waals surface area contributed by atoms with Crippen molar-refractivity contribution in [1.29, 1.82) is 0 Å². The maximum absolute atomic E-state index is 13.2. The van der Waals surface area contributed by atoms with E-state index in [1.165, 1.54) is 0 Å². The van der Waals surface area contributed by atoms with Crippen LogP contribution in [0.3, 0.4) is 0 Å². The summed E-state index contributed by atoms with van der Waals surface area (Å²) < 4.78 is 154. The lowest BCUT2D eigenvalue weighted by atomic mass is 10.2. The predicted molar refractivity (Wildman–Crippen MR) is 69.2 cm³/mol. The molecule has 8 nitrogen and oxygen atoms in total. The van der Waals surface area contributed by atoms with Gasteiger partial charge in [-0.05, 0) is 0 Å². The van der Waals surface area contributed by atoms with Gasteiger partial charge in [0.25, 0.3) is 0 Å². The number of esters is 2. The van der Waals surface area contributed by atoms with E-state index in [-0.39, 0.29) is 0 Å². The summed E-state index contributed by atoms with van der Waals surface area (Å²) in [6.07, 6.45) is -13.5. The normalized spacial score (nSPS) is 15.4. The van der Waals surface area contributed by atoms with E-state index in [1.54, 1.807) is 0 Å². The van der Waals surface area contributed by atoms with Crippen LogP contribution in [0, 0.1) is 0 Å². The van der Waals surface area contributed by atoms with E-state index in [2.05, 4.69) is 20.8 Å². The third kappa shape index (κ3) is 7.35. The highest BCUT2D eigenvalue weighted by molar-refractivity contribution is 7.86. The number of carbonyl (C=O) groups excluding carboxylic acids is 2. The number of hydrogen-bond donors (Lipinski definition) is 1. The molecule has 170 valence electrons. The van der Waals surface area contributed by atoms with Crippen LogP contribution in [0.25, 0.3) is 0 Å². The third-order valence-electron chi connectivity index (χ3n) is 2.54. The first kappa shape index (κ1) is 26.9. The Kier molecular flexibility index (Phi) is 8.11. The fourth-order valence-electron chi connectivity index (χ4n) is 1.19. The summed E-state index contributed by atoms with van der Waals surface area (Å²) in [6, 6.07) is 0. The van der Waals surface area contributed by atoms with Crippen LogP contribution in [0.15, 0.2) is 12.4 Å². The van der Waals surface area contributed by atoms with Gasteiger partial charge in [0.05, 0.1) is 6.42 Å². The molecule has 0 aliphatic rings. The second-order valence-corrected chi connectivity index (χ2v) is 6.36. The number of halogens is 9. The minimum Gasteiger partial charge on any atom is -0.460 e. The summed E-state index contributed by atoms with van der Waals surface area (Å²) >= 11 is 0. The minimum absolute atomic E-state index is 1.85. The highest BCUT2D eigenvalue weighted by Gasteiger charge is 2.69. The molecule has 0 aromatic carbocycles. The van der Waals surface area contributed by atoms with Crippen molar-refractivity contribution in [3.05, 3.63) is 12.4 Å². The van der Waals surface area contributed by atoms with E-state index in [4.69, 9.17) is 4.55 Å². The molecule has 18 heteroatoms. The average molecular weight is 472 g/mol. The molecule has 29 heavy (non-hydrogen) atoms. The van der Waals surface area contributed by atoms with Crippen molar-refractivity contribution < 1.29 is 76.3 Å². The van der Waals surface area contributed by atoms with Gasteiger partial charge in [-0.1, -0.05) is 6.58 Å². The van der Waals surface area contributed by atoms with E-state index < -0.39 is 70.9 Å². The number of hydrogen-bond acceptors (Lipinski definition) is 7. The van der Waals surface area contributed by atoms with Crippen molar-refractivity contribution >= 4 is 22.1 Å². The maximum atomic E-state index is 13.2. The first-order valence-corrected chi connectivity index (χ1v) is 7.97. The van der Waals surface area contributed by atoms with Crippen LogP contribution in [0.4, 0.5) is 39.5 Å². The second kappa shape index (κ2) is 8.74. The number of carbonyl (C=O) groups is 2. The summed E-state index contributed by atoms with van der Waals surface area (Å²) in [5, 5.41) is -5.53. The van der Waals surface area contributed by atoms with Gasteiger partial charge in [0.15, 0.2) is 0 Å². The Hall–Kier alpha value is -2.08. The van der Waals surface area contributed by atoms with Crippen LogP contribution in [-0.4, -0.2) is 61.5 Å². The van der Waals surface area contributed by atoms with E-state index in [0.717, 1.165) is 0 Å². The van der Waals surface area contributed by atoms with E-state index >= 15 is 0 Å². The van der Waals surface area contributed by atoms with Crippen molar-refractivity contribution in [2.24, 2.45) is 0 Å². The molecule has 1 unspecified atom stereocenters. The SMILES string of the molecule is C=C(F)C(=O)OC(OCC(F)(F)S(=O)(=O)O)(C(=O)OCCC(F)(F)F)C(F)(F)F. The van der Waals surface area contributed by atoms with Crippen molar-refractivity contribution in [3.8, 4) is 0 Å². The van der Waals surface area contributed by atoms with Crippen LogP contribution in [-0.2, 0) is 33.9 Å². The van der Waals surface area contributed by atoms with Gasteiger partial charge in [-0.15, -0.1) is 0 Å². The Labute approximate surface area is 154 Å². The monoisotopic (exact) mass is 472 g/mol. The molecule has 0 amide bonds. The lowest BCUT2D eigenvalue weighted by Crippen LogP contribution is -2.59. The van der Waals surface area contributed by atoms with Gasteiger partial charge < -0.3 is 14.2 Å². The molecule has 0 aliphatic heterocycles. The van der Waals surface area contributed by atoms with E-state index in [0.29, 0.717) is 0 Å². The summed E-state index contributed by atoms with van der Waals surface area (Å²) in [6.45, 7) is -2.70. The molecule has 0 aromatic rings. The minimum atomic E-state index is -6.44. The van der Waals surface area contributed by atoms with Crippen LogP contribution >= 0.6 is 0 Å². The molecule has 0 spiro atoms. The fourth-order valence-corrected chi connectivity index (χ4v) is 1.39. The summed E-state index contributed by atoms with van der Waals surface area (Å²) in [5.74, 6) is -13.5. The molecule has 1 N–H and O–H groups in total. The lowest BCUT2D eigenvalue weighted by Gasteiger charge is -2.32. The summed E-state index contributed by atoms with van der Waals surface area (Å²) in [7, 11) is -6.44. The molecule has 0 fully saturated rings. The Morgan fingerprint density at radius 1 is 1.00 bits per heavy atom. The van der Waals surface area contributed by atoms with Crippen LogP contribution in [0.1, 0.15) is 6.42 Å². The van der Waals surface area contributed by atoms with Gasteiger partial charge in [-0.25, -0.2) is 9.59 Å². The van der Waals surface area contributed by atoms with Gasteiger partial charge >= 0.3 is 45.5 Å². The number of rotatable bonds is 9. The van der Waals surface area contributed by atoms with Crippen molar-refractivity contribution in [3.63, 3.8) is 0 Å². The maximum Gasteiger partial charge on any atom is 0.468 e. The molecule has 0 radical (unpaired) electrons. The topological polar surface area (TPSA) is 116 Å². The first-order valence-electron chi connectivity index (χ1n) is 6.53. The molecule has 0 aliphatic carbocycles. The van der Waals surface area contributed by atoms with Gasteiger partial charge in [0, 0.05) is 0 Å². The largest absolute Gasteiger partial charge is 0.468 e. The quantitative estimate of drug-likeness (QED) is 0.179. The molecule has 1 atom stereocenters. The Morgan fingerprint density at radius 3 is 1.83 bits per heavy atom. The van der Waals surface area contributed by atoms with Gasteiger partial charge in [0.2, 0.25) is 5.83 Å².